The van der Waals surface area contributed by atoms with Crippen LogP contribution in [0.15, 0.2) is 48.5 Å². The summed E-state index contributed by atoms with van der Waals surface area (Å²) in [5.74, 6) is -0.940. The zero-order valence-electron chi connectivity index (χ0n) is 13.9. The van der Waals surface area contributed by atoms with Gasteiger partial charge >= 0.3 is 12.0 Å². The third-order valence-electron chi connectivity index (χ3n) is 3.90. The highest BCUT2D eigenvalue weighted by atomic mass is 16.4. The van der Waals surface area contributed by atoms with Crippen LogP contribution in [-0.4, -0.2) is 23.7 Å². The van der Waals surface area contributed by atoms with Crippen LogP contribution >= 0.6 is 0 Å². The number of rotatable bonds is 6. The molecule has 0 bridgehead atoms. The fraction of sp³-hybridized carbons (Fsp3) is 0.263. The summed E-state index contributed by atoms with van der Waals surface area (Å²) in [5.41, 5.74) is 4.19. The summed E-state index contributed by atoms with van der Waals surface area (Å²) >= 11 is 0. The van der Waals surface area contributed by atoms with Gasteiger partial charge in [0.1, 0.15) is 0 Å². The molecule has 0 aliphatic rings. The molecule has 0 saturated heterocycles. The first-order valence-corrected chi connectivity index (χ1v) is 7.86. The first kappa shape index (κ1) is 17.5. The van der Waals surface area contributed by atoms with Crippen molar-refractivity contribution in [2.24, 2.45) is 0 Å². The van der Waals surface area contributed by atoms with Crippen LogP contribution in [0.3, 0.4) is 0 Å². The number of carboxylic acids is 1. The van der Waals surface area contributed by atoms with E-state index in [2.05, 4.69) is 10.6 Å². The van der Waals surface area contributed by atoms with Gasteiger partial charge in [0.2, 0.25) is 0 Å². The molecule has 0 atom stereocenters. The van der Waals surface area contributed by atoms with Crippen molar-refractivity contribution in [3.8, 4) is 0 Å². The molecular formula is C19H22N2O3. The minimum absolute atomic E-state index is 0.0927. The van der Waals surface area contributed by atoms with Crippen molar-refractivity contribution in [1.82, 2.24) is 10.6 Å². The van der Waals surface area contributed by atoms with E-state index in [0.29, 0.717) is 0 Å². The van der Waals surface area contributed by atoms with Crippen molar-refractivity contribution < 1.29 is 14.7 Å². The number of benzene rings is 2. The molecule has 0 aliphatic carbocycles. The molecule has 0 unspecified atom stereocenters. The normalized spacial score (nSPS) is 10.5. The van der Waals surface area contributed by atoms with Crippen molar-refractivity contribution in [2.75, 3.05) is 6.54 Å². The average Bonchev–Trinajstić information content (AvgIpc) is 2.54. The number of aliphatic carboxylic acids is 1. The number of carboxylic acid groups (broad SMARTS) is 1. The van der Waals surface area contributed by atoms with E-state index in [1.807, 2.05) is 62.4 Å². The summed E-state index contributed by atoms with van der Waals surface area (Å²) in [6.07, 6.45) is -0.104. The van der Waals surface area contributed by atoms with E-state index in [1.54, 1.807) is 0 Å². The van der Waals surface area contributed by atoms with Crippen LogP contribution in [0, 0.1) is 13.8 Å². The van der Waals surface area contributed by atoms with Gasteiger partial charge in [0.05, 0.1) is 12.5 Å². The monoisotopic (exact) mass is 326 g/mol. The third-order valence-corrected chi connectivity index (χ3v) is 3.90. The van der Waals surface area contributed by atoms with E-state index in [-0.39, 0.29) is 25.0 Å². The highest BCUT2D eigenvalue weighted by Gasteiger charge is 2.19. The van der Waals surface area contributed by atoms with E-state index in [4.69, 9.17) is 5.11 Å². The molecule has 2 aromatic carbocycles. The first-order chi connectivity index (χ1) is 11.5. The molecule has 0 aliphatic heterocycles. The van der Waals surface area contributed by atoms with Crippen molar-refractivity contribution in [3.05, 3.63) is 70.8 Å². The van der Waals surface area contributed by atoms with E-state index in [9.17, 15) is 9.59 Å². The smallest absolute Gasteiger partial charge is 0.315 e. The molecule has 0 fully saturated rings. The summed E-state index contributed by atoms with van der Waals surface area (Å²) < 4.78 is 0. The number of amides is 2. The van der Waals surface area contributed by atoms with Crippen LogP contribution in [0.25, 0.3) is 0 Å². The largest absolute Gasteiger partial charge is 0.481 e. The minimum atomic E-state index is -0.940. The molecule has 0 radical (unpaired) electrons. The summed E-state index contributed by atoms with van der Waals surface area (Å²) in [6.45, 7) is 4.10. The number of aryl methyl sites for hydroxylation is 2. The highest BCUT2D eigenvalue weighted by Crippen LogP contribution is 2.27. The van der Waals surface area contributed by atoms with Crippen LogP contribution in [-0.2, 0) is 4.79 Å². The van der Waals surface area contributed by atoms with Gasteiger partial charge in [0, 0.05) is 6.54 Å². The Balaban J connectivity index is 2.24. The quantitative estimate of drug-likeness (QED) is 0.763. The van der Waals surface area contributed by atoms with Gasteiger partial charge in [0.15, 0.2) is 0 Å². The van der Waals surface area contributed by atoms with Gasteiger partial charge in [-0.2, -0.15) is 0 Å². The molecule has 2 rings (SSSR count). The molecule has 0 heterocycles. The summed E-state index contributed by atoms with van der Waals surface area (Å²) in [4.78, 5) is 22.8. The van der Waals surface area contributed by atoms with Gasteiger partial charge in [0.25, 0.3) is 0 Å². The minimum Gasteiger partial charge on any atom is -0.481 e. The van der Waals surface area contributed by atoms with Gasteiger partial charge in [-0.25, -0.2) is 4.79 Å². The van der Waals surface area contributed by atoms with Gasteiger partial charge in [-0.05, 0) is 36.1 Å². The van der Waals surface area contributed by atoms with Gasteiger partial charge in [-0.3, -0.25) is 4.79 Å². The average molecular weight is 326 g/mol. The predicted octanol–water partition coefficient (Wildman–Crippen LogP) is 3.17. The maximum atomic E-state index is 12.2. The number of urea groups is 1. The Labute approximate surface area is 141 Å². The lowest BCUT2D eigenvalue weighted by Crippen LogP contribution is -2.39. The second kappa shape index (κ2) is 8.15. The fourth-order valence-corrected chi connectivity index (χ4v) is 2.61. The standard InChI is InChI=1S/C19H22N2O3/c1-13-7-3-5-9-15(13)18(16-10-6-4-8-14(16)2)21-19(24)20-12-11-17(22)23/h3-10,18H,11-12H2,1-2H3,(H,22,23)(H2,20,21,24). The van der Waals surface area contributed by atoms with Gasteiger partial charge in [-0.15, -0.1) is 0 Å². The summed E-state index contributed by atoms with van der Waals surface area (Å²) in [5, 5.41) is 14.2. The molecule has 24 heavy (non-hydrogen) atoms. The zero-order chi connectivity index (χ0) is 17.5. The topological polar surface area (TPSA) is 78.4 Å². The predicted molar refractivity (Wildman–Crippen MR) is 93.0 cm³/mol. The maximum absolute atomic E-state index is 12.2. The summed E-state index contributed by atoms with van der Waals surface area (Å²) in [6, 6.07) is 15.1. The lowest BCUT2D eigenvalue weighted by Gasteiger charge is -2.23. The Kier molecular flexibility index (Phi) is 5.95. The molecule has 2 amide bonds. The van der Waals surface area contributed by atoms with Crippen LogP contribution in [0.1, 0.15) is 34.7 Å². The van der Waals surface area contributed by atoms with E-state index < -0.39 is 5.97 Å². The van der Waals surface area contributed by atoms with Crippen molar-refractivity contribution >= 4 is 12.0 Å². The van der Waals surface area contributed by atoms with Crippen LogP contribution in [0.5, 0.6) is 0 Å². The number of carbonyl (C=O) groups is 2. The van der Waals surface area contributed by atoms with E-state index in [1.165, 1.54) is 0 Å². The fourth-order valence-electron chi connectivity index (χ4n) is 2.61. The van der Waals surface area contributed by atoms with Crippen LogP contribution in [0.4, 0.5) is 4.79 Å². The first-order valence-electron chi connectivity index (χ1n) is 7.86. The number of hydrogen-bond acceptors (Lipinski definition) is 2. The lowest BCUT2D eigenvalue weighted by molar-refractivity contribution is -0.136. The second-order valence-corrected chi connectivity index (χ2v) is 5.69. The molecule has 5 nitrogen and oxygen atoms in total. The number of hydrogen-bond donors (Lipinski definition) is 3. The Hall–Kier alpha value is -2.82. The van der Waals surface area contributed by atoms with Crippen molar-refractivity contribution in [2.45, 2.75) is 26.3 Å². The third kappa shape index (κ3) is 4.59. The Morgan fingerprint density at radius 2 is 1.46 bits per heavy atom. The van der Waals surface area contributed by atoms with Crippen LogP contribution < -0.4 is 10.6 Å². The SMILES string of the molecule is Cc1ccccc1C(NC(=O)NCCC(=O)O)c1ccccc1C. The number of nitrogens with one attached hydrogen (secondary N) is 2. The molecule has 0 spiro atoms. The molecule has 0 aromatic heterocycles. The van der Waals surface area contributed by atoms with Gasteiger partial charge < -0.3 is 15.7 Å². The Morgan fingerprint density at radius 1 is 0.958 bits per heavy atom. The Bertz CT molecular complexity index is 683. The van der Waals surface area contributed by atoms with E-state index in [0.717, 1.165) is 22.3 Å². The maximum Gasteiger partial charge on any atom is 0.315 e. The molecule has 5 heteroatoms. The van der Waals surface area contributed by atoms with E-state index >= 15 is 0 Å². The number of carbonyl (C=O) groups excluding carboxylic acids is 1. The molecule has 3 N–H and O–H groups in total. The second-order valence-electron chi connectivity index (χ2n) is 5.69. The molecular weight excluding hydrogens is 304 g/mol. The molecule has 126 valence electrons. The zero-order valence-corrected chi connectivity index (χ0v) is 13.9. The van der Waals surface area contributed by atoms with Crippen LogP contribution in [0.2, 0.25) is 0 Å². The molecule has 0 saturated carbocycles. The van der Waals surface area contributed by atoms with Crippen molar-refractivity contribution in [3.63, 3.8) is 0 Å². The summed E-state index contributed by atoms with van der Waals surface area (Å²) in [7, 11) is 0. The Morgan fingerprint density at radius 3 is 1.92 bits per heavy atom. The van der Waals surface area contributed by atoms with Crippen molar-refractivity contribution in [1.29, 1.82) is 0 Å². The molecule has 2 aromatic rings. The highest BCUT2D eigenvalue weighted by molar-refractivity contribution is 5.76. The lowest BCUT2D eigenvalue weighted by atomic mass is 9.92. The van der Waals surface area contributed by atoms with Gasteiger partial charge in [-0.1, -0.05) is 48.5 Å².